The molecule has 0 bridgehead atoms. The van der Waals surface area contributed by atoms with Gasteiger partial charge in [-0.2, -0.15) is 0 Å². The summed E-state index contributed by atoms with van der Waals surface area (Å²) in [6.07, 6.45) is 1.95. The van der Waals surface area contributed by atoms with E-state index >= 15 is 0 Å². The third-order valence-corrected chi connectivity index (χ3v) is 5.45. The van der Waals surface area contributed by atoms with Gasteiger partial charge in [0, 0.05) is 25.0 Å². The number of aryl methyl sites for hydroxylation is 1. The van der Waals surface area contributed by atoms with Gasteiger partial charge in [0.1, 0.15) is 12.7 Å². The van der Waals surface area contributed by atoms with Crippen LogP contribution in [0.2, 0.25) is 0 Å². The van der Waals surface area contributed by atoms with Crippen LogP contribution < -0.4 is 14.8 Å². The zero-order valence-corrected chi connectivity index (χ0v) is 16.9. The van der Waals surface area contributed by atoms with E-state index < -0.39 is 6.10 Å². The molecule has 1 atom stereocenters. The van der Waals surface area contributed by atoms with E-state index in [0.717, 1.165) is 42.4 Å². The van der Waals surface area contributed by atoms with Gasteiger partial charge in [0.2, 0.25) is 0 Å². The lowest BCUT2D eigenvalue weighted by atomic mass is 10.2. The van der Waals surface area contributed by atoms with Crippen molar-refractivity contribution in [2.45, 2.75) is 39.0 Å². The molecule has 2 N–H and O–H groups in total. The molecule has 2 heterocycles. The fourth-order valence-electron chi connectivity index (χ4n) is 3.27. The molecular formula is C20H29N3O3S. The Balaban J connectivity index is 1.47. The van der Waals surface area contributed by atoms with Crippen LogP contribution >= 0.6 is 11.3 Å². The average Bonchev–Trinajstić information content (AvgIpc) is 3.32. The molecule has 0 amide bonds. The predicted octanol–water partition coefficient (Wildman–Crippen LogP) is 2.59. The third-order valence-electron chi connectivity index (χ3n) is 4.63. The number of methoxy groups -OCH3 is 1. The summed E-state index contributed by atoms with van der Waals surface area (Å²) in [6, 6.07) is 5.90. The molecule has 3 rings (SSSR count). The van der Waals surface area contributed by atoms with Gasteiger partial charge in [-0.1, -0.05) is 6.07 Å². The molecule has 0 radical (unpaired) electrons. The third kappa shape index (κ3) is 6.17. The van der Waals surface area contributed by atoms with Crippen molar-refractivity contribution in [2.75, 3.05) is 33.4 Å². The minimum absolute atomic E-state index is 0.271. The SMILES string of the molecule is COc1cc(CNCc2csc(C)n2)ccc1OC[C@@H](O)CN1CCCC1. The maximum atomic E-state index is 10.2. The van der Waals surface area contributed by atoms with Crippen molar-refractivity contribution in [3.8, 4) is 11.5 Å². The van der Waals surface area contributed by atoms with E-state index in [1.807, 2.05) is 25.1 Å². The molecule has 2 aromatic rings. The van der Waals surface area contributed by atoms with Gasteiger partial charge < -0.3 is 24.8 Å². The number of hydrogen-bond acceptors (Lipinski definition) is 7. The van der Waals surface area contributed by atoms with E-state index in [-0.39, 0.29) is 6.61 Å². The Morgan fingerprint density at radius 2 is 2.07 bits per heavy atom. The number of hydrogen-bond donors (Lipinski definition) is 2. The second-order valence-electron chi connectivity index (χ2n) is 6.92. The van der Waals surface area contributed by atoms with Gasteiger partial charge in [0.15, 0.2) is 11.5 Å². The molecule has 1 aliphatic rings. The molecule has 27 heavy (non-hydrogen) atoms. The number of ether oxygens (including phenoxy) is 2. The number of aliphatic hydroxyl groups is 1. The van der Waals surface area contributed by atoms with E-state index in [4.69, 9.17) is 9.47 Å². The van der Waals surface area contributed by atoms with Crippen LogP contribution in [-0.4, -0.2) is 54.4 Å². The van der Waals surface area contributed by atoms with Crippen LogP contribution in [0.5, 0.6) is 11.5 Å². The van der Waals surface area contributed by atoms with E-state index in [0.29, 0.717) is 18.0 Å². The van der Waals surface area contributed by atoms with E-state index in [1.54, 1.807) is 18.4 Å². The number of aliphatic hydroxyl groups excluding tert-OH is 1. The summed E-state index contributed by atoms with van der Waals surface area (Å²) >= 11 is 1.67. The van der Waals surface area contributed by atoms with Gasteiger partial charge in [-0.15, -0.1) is 11.3 Å². The monoisotopic (exact) mass is 391 g/mol. The van der Waals surface area contributed by atoms with E-state index in [2.05, 4.69) is 20.6 Å². The quantitative estimate of drug-likeness (QED) is 0.649. The highest BCUT2D eigenvalue weighted by Crippen LogP contribution is 2.28. The van der Waals surface area contributed by atoms with Crippen molar-refractivity contribution in [3.05, 3.63) is 39.8 Å². The number of nitrogens with zero attached hydrogens (tertiary/aromatic N) is 2. The fourth-order valence-corrected chi connectivity index (χ4v) is 3.88. The smallest absolute Gasteiger partial charge is 0.161 e. The van der Waals surface area contributed by atoms with Gasteiger partial charge in [0.05, 0.1) is 17.8 Å². The Labute approximate surface area is 165 Å². The molecule has 1 aromatic carbocycles. The first-order chi connectivity index (χ1) is 13.1. The van der Waals surface area contributed by atoms with Crippen molar-refractivity contribution in [3.63, 3.8) is 0 Å². The van der Waals surface area contributed by atoms with Crippen molar-refractivity contribution >= 4 is 11.3 Å². The van der Waals surface area contributed by atoms with Crippen molar-refractivity contribution in [2.24, 2.45) is 0 Å². The number of benzene rings is 1. The first kappa shape index (κ1) is 20.1. The molecule has 7 heteroatoms. The Morgan fingerprint density at radius 3 is 2.78 bits per heavy atom. The molecule has 148 valence electrons. The Bertz CT molecular complexity index is 716. The van der Waals surface area contributed by atoms with Crippen LogP contribution in [0, 0.1) is 6.92 Å². The molecule has 0 unspecified atom stereocenters. The Hall–Kier alpha value is -1.67. The normalized spacial score (nSPS) is 15.8. The van der Waals surface area contributed by atoms with Crippen LogP contribution in [0.4, 0.5) is 0 Å². The minimum Gasteiger partial charge on any atom is -0.493 e. The van der Waals surface area contributed by atoms with Crippen LogP contribution in [0.25, 0.3) is 0 Å². The zero-order chi connectivity index (χ0) is 19.1. The predicted molar refractivity (Wildman–Crippen MR) is 108 cm³/mol. The van der Waals surface area contributed by atoms with E-state index in [9.17, 15) is 5.11 Å². The maximum absolute atomic E-state index is 10.2. The summed E-state index contributed by atoms with van der Waals surface area (Å²) in [7, 11) is 1.64. The first-order valence-electron chi connectivity index (χ1n) is 9.46. The molecule has 1 aliphatic heterocycles. The number of nitrogens with one attached hydrogen (secondary N) is 1. The summed E-state index contributed by atoms with van der Waals surface area (Å²) in [5.41, 5.74) is 2.18. The fraction of sp³-hybridized carbons (Fsp3) is 0.550. The molecule has 1 aromatic heterocycles. The second-order valence-corrected chi connectivity index (χ2v) is 7.98. The maximum Gasteiger partial charge on any atom is 0.161 e. The molecule has 1 fully saturated rings. The zero-order valence-electron chi connectivity index (χ0n) is 16.1. The topological polar surface area (TPSA) is 66.8 Å². The number of thiazole rings is 1. The Morgan fingerprint density at radius 1 is 1.26 bits per heavy atom. The van der Waals surface area contributed by atoms with Crippen LogP contribution in [0.15, 0.2) is 23.6 Å². The minimum atomic E-state index is -0.490. The molecular weight excluding hydrogens is 362 g/mol. The van der Waals surface area contributed by atoms with Crippen molar-refractivity contribution < 1.29 is 14.6 Å². The summed E-state index contributed by atoms with van der Waals surface area (Å²) in [5.74, 6) is 1.35. The largest absolute Gasteiger partial charge is 0.493 e. The summed E-state index contributed by atoms with van der Waals surface area (Å²) in [6.45, 7) is 6.57. The number of rotatable bonds is 10. The highest BCUT2D eigenvalue weighted by Gasteiger charge is 2.17. The van der Waals surface area contributed by atoms with E-state index in [1.165, 1.54) is 12.8 Å². The van der Waals surface area contributed by atoms with Gasteiger partial charge >= 0.3 is 0 Å². The number of β-amino-alcohol motifs (C(OH)–C–C–N with tert-alkyl or cyclic N) is 1. The van der Waals surface area contributed by atoms with Gasteiger partial charge in [-0.25, -0.2) is 4.98 Å². The summed E-state index contributed by atoms with van der Waals surface area (Å²) < 4.78 is 11.3. The summed E-state index contributed by atoms with van der Waals surface area (Å²) in [4.78, 5) is 6.73. The average molecular weight is 392 g/mol. The van der Waals surface area contributed by atoms with Crippen LogP contribution in [0.1, 0.15) is 29.1 Å². The highest BCUT2D eigenvalue weighted by atomic mass is 32.1. The molecule has 6 nitrogen and oxygen atoms in total. The number of aromatic nitrogens is 1. The molecule has 0 aliphatic carbocycles. The van der Waals surface area contributed by atoms with Crippen LogP contribution in [0.3, 0.4) is 0 Å². The van der Waals surface area contributed by atoms with Crippen molar-refractivity contribution in [1.82, 2.24) is 15.2 Å². The van der Waals surface area contributed by atoms with Gasteiger partial charge in [0.25, 0.3) is 0 Å². The Kier molecular flexibility index (Phi) is 7.46. The molecule has 0 saturated carbocycles. The summed E-state index contributed by atoms with van der Waals surface area (Å²) in [5, 5.41) is 16.7. The lowest BCUT2D eigenvalue weighted by Gasteiger charge is -2.20. The standard InChI is InChI=1S/C20H29N3O3S/c1-15-22-17(14-27-15)11-21-10-16-5-6-19(20(9-16)25-2)26-13-18(24)12-23-7-3-4-8-23/h5-6,9,14,18,21,24H,3-4,7-8,10-13H2,1-2H3/t18-/m0/s1. The van der Waals surface area contributed by atoms with Gasteiger partial charge in [-0.05, 0) is 50.6 Å². The van der Waals surface area contributed by atoms with Crippen LogP contribution in [-0.2, 0) is 13.1 Å². The second kappa shape index (κ2) is 10.0. The van der Waals surface area contributed by atoms with Gasteiger partial charge in [-0.3, -0.25) is 0 Å². The lowest BCUT2D eigenvalue weighted by Crippen LogP contribution is -2.33. The molecule has 0 spiro atoms. The first-order valence-corrected chi connectivity index (χ1v) is 10.3. The highest BCUT2D eigenvalue weighted by molar-refractivity contribution is 7.09. The molecule has 1 saturated heterocycles. The lowest BCUT2D eigenvalue weighted by molar-refractivity contribution is 0.0747. The number of likely N-dealkylation sites (tertiary alicyclic amines) is 1. The van der Waals surface area contributed by atoms with Crippen molar-refractivity contribution in [1.29, 1.82) is 0 Å².